The average Bonchev–Trinajstić information content (AvgIpc) is 2.46. The van der Waals surface area contributed by atoms with Crippen LogP contribution in [0.25, 0.3) is 0 Å². The largest absolute Gasteiger partial charge is 0.388 e. The lowest BCUT2D eigenvalue weighted by molar-refractivity contribution is 0.213. The highest BCUT2D eigenvalue weighted by molar-refractivity contribution is 5.57. The van der Waals surface area contributed by atoms with Gasteiger partial charge in [-0.3, -0.25) is 0 Å². The van der Waals surface area contributed by atoms with E-state index in [0.29, 0.717) is 0 Å². The third-order valence-corrected chi connectivity index (χ3v) is 4.29. The minimum Gasteiger partial charge on any atom is -0.388 e. The van der Waals surface area contributed by atoms with Gasteiger partial charge in [0.25, 0.3) is 0 Å². The van der Waals surface area contributed by atoms with Gasteiger partial charge in [-0.2, -0.15) is 0 Å². The van der Waals surface area contributed by atoms with Gasteiger partial charge < -0.3 is 15.1 Å². The third kappa shape index (κ3) is 4.13. The van der Waals surface area contributed by atoms with Crippen molar-refractivity contribution in [1.29, 1.82) is 0 Å². The Bertz CT molecular complexity index is 383. The van der Waals surface area contributed by atoms with Gasteiger partial charge in [-0.05, 0) is 63.5 Å². The first-order chi connectivity index (χ1) is 9.19. The first-order valence-electron chi connectivity index (χ1n) is 7.36. The molecule has 0 amide bonds. The zero-order valence-electron chi connectivity index (χ0n) is 12.5. The first-order valence-corrected chi connectivity index (χ1v) is 7.36. The predicted octanol–water partition coefficient (Wildman–Crippen LogP) is 2.90. The molecule has 19 heavy (non-hydrogen) atoms. The fourth-order valence-corrected chi connectivity index (χ4v) is 2.75. The number of benzene rings is 1. The molecule has 1 aliphatic heterocycles. The Morgan fingerprint density at radius 1 is 1.32 bits per heavy atom. The van der Waals surface area contributed by atoms with Crippen molar-refractivity contribution < 1.29 is 0 Å². The second kappa shape index (κ2) is 6.80. The third-order valence-electron chi connectivity index (χ3n) is 4.29. The number of hydrogen-bond acceptors (Lipinski definition) is 3. The Labute approximate surface area is 117 Å². The van der Waals surface area contributed by atoms with Gasteiger partial charge >= 0.3 is 0 Å². The second-order valence-corrected chi connectivity index (χ2v) is 5.76. The lowest BCUT2D eigenvalue weighted by Gasteiger charge is -2.30. The summed E-state index contributed by atoms with van der Waals surface area (Å²) in [5.41, 5.74) is 2.49. The van der Waals surface area contributed by atoms with Crippen LogP contribution in [-0.4, -0.2) is 45.7 Å². The summed E-state index contributed by atoms with van der Waals surface area (Å²) >= 11 is 0. The van der Waals surface area contributed by atoms with E-state index in [0.717, 1.165) is 12.5 Å². The van der Waals surface area contributed by atoms with E-state index in [1.165, 1.54) is 43.7 Å². The van der Waals surface area contributed by atoms with Gasteiger partial charge in [-0.1, -0.05) is 6.07 Å². The molecule has 0 aliphatic carbocycles. The minimum atomic E-state index is 0.908. The van der Waals surface area contributed by atoms with Crippen molar-refractivity contribution in [3.8, 4) is 0 Å². The van der Waals surface area contributed by atoms with Crippen LogP contribution in [0.3, 0.4) is 0 Å². The highest BCUT2D eigenvalue weighted by atomic mass is 15.1. The molecule has 0 atom stereocenters. The maximum atomic E-state index is 3.20. The average molecular weight is 261 g/mol. The van der Waals surface area contributed by atoms with E-state index >= 15 is 0 Å². The summed E-state index contributed by atoms with van der Waals surface area (Å²) < 4.78 is 0. The van der Waals surface area contributed by atoms with Crippen LogP contribution in [0.15, 0.2) is 24.3 Å². The van der Waals surface area contributed by atoms with Crippen molar-refractivity contribution in [2.45, 2.75) is 19.3 Å². The smallest absolute Gasteiger partial charge is 0.0384 e. The van der Waals surface area contributed by atoms with E-state index in [-0.39, 0.29) is 0 Å². The van der Waals surface area contributed by atoms with Crippen molar-refractivity contribution in [2.24, 2.45) is 5.92 Å². The van der Waals surface area contributed by atoms with Gasteiger partial charge in [-0.25, -0.2) is 0 Å². The van der Waals surface area contributed by atoms with E-state index in [1.807, 2.05) is 7.05 Å². The molecular formula is C16H27N3. The SMILES string of the molecule is CNc1cccc(N(C)CCC2CCN(C)CC2)c1. The molecule has 2 rings (SSSR count). The van der Waals surface area contributed by atoms with E-state index in [1.54, 1.807) is 0 Å². The number of anilines is 2. The quantitative estimate of drug-likeness (QED) is 0.879. The fourth-order valence-electron chi connectivity index (χ4n) is 2.75. The summed E-state index contributed by atoms with van der Waals surface area (Å²) in [6, 6.07) is 8.63. The van der Waals surface area contributed by atoms with Crippen molar-refractivity contribution in [3.05, 3.63) is 24.3 Å². The van der Waals surface area contributed by atoms with Gasteiger partial charge in [0.2, 0.25) is 0 Å². The van der Waals surface area contributed by atoms with Crippen LogP contribution < -0.4 is 10.2 Å². The number of nitrogens with zero attached hydrogens (tertiary/aromatic N) is 2. The van der Waals surface area contributed by atoms with Crippen LogP contribution in [0.4, 0.5) is 11.4 Å². The van der Waals surface area contributed by atoms with Crippen LogP contribution in [0.5, 0.6) is 0 Å². The molecule has 0 spiro atoms. The van der Waals surface area contributed by atoms with Crippen LogP contribution in [0.2, 0.25) is 0 Å². The zero-order valence-corrected chi connectivity index (χ0v) is 12.5. The molecule has 3 heteroatoms. The molecule has 1 aromatic rings. The summed E-state index contributed by atoms with van der Waals surface area (Å²) in [4.78, 5) is 4.82. The highest BCUT2D eigenvalue weighted by Crippen LogP contribution is 2.22. The van der Waals surface area contributed by atoms with Gasteiger partial charge in [0.1, 0.15) is 0 Å². The highest BCUT2D eigenvalue weighted by Gasteiger charge is 2.16. The summed E-state index contributed by atoms with van der Waals surface area (Å²) in [5, 5.41) is 3.20. The normalized spacial score (nSPS) is 17.4. The summed E-state index contributed by atoms with van der Waals surface area (Å²) in [7, 11) is 6.40. The van der Waals surface area contributed by atoms with E-state index in [9.17, 15) is 0 Å². The lowest BCUT2D eigenvalue weighted by atomic mass is 9.93. The van der Waals surface area contributed by atoms with Crippen molar-refractivity contribution in [2.75, 3.05) is 51.0 Å². The maximum Gasteiger partial charge on any atom is 0.0384 e. The van der Waals surface area contributed by atoms with Crippen LogP contribution in [-0.2, 0) is 0 Å². The Balaban J connectivity index is 1.81. The molecule has 0 unspecified atom stereocenters. The minimum absolute atomic E-state index is 0.908. The summed E-state index contributed by atoms with van der Waals surface area (Å²) in [5.74, 6) is 0.908. The molecule has 106 valence electrons. The molecule has 1 heterocycles. The maximum absolute atomic E-state index is 3.20. The first kappa shape index (κ1) is 14.2. The van der Waals surface area contributed by atoms with Crippen LogP contribution in [0, 0.1) is 5.92 Å². The number of piperidine rings is 1. The van der Waals surface area contributed by atoms with Crippen LogP contribution >= 0.6 is 0 Å². The molecule has 1 N–H and O–H groups in total. The lowest BCUT2D eigenvalue weighted by Crippen LogP contribution is -2.32. The Hall–Kier alpha value is -1.22. The van der Waals surface area contributed by atoms with Gasteiger partial charge in [0.15, 0.2) is 0 Å². The van der Waals surface area contributed by atoms with Crippen molar-refractivity contribution >= 4 is 11.4 Å². The number of hydrogen-bond donors (Lipinski definition) is 1. The summed E-state index contributed by atoms with van der Waals surface area (Å²) in [6.07, 6.45) is 4.04. The molecule has 1 saturated heterocycles. The molecular weight excluding hydrogens is 234 g/mol. The number of likely N-dealkylation sites (tertiary alicyclic amines) is 1. The molecule has 1 aliphatic rings. The topological polar surface area (TPSA) is 18.5 Å². The van der Waals surface area contributed by atoms with Crippen LogP contribution in [0.1, 0.15) is 19.3 Å². The molecule has 0 bridgehead atoms. The van der Waals surface area contributed by atoms with E-state index in [4.69, 9.17) is 0 Å². The predicted molar refractivity (Wildman–Crippen MR) is 84.1 cm³/mol. The number of rotatable bonds is 5. The van der Waals surface area contributed by atoms with Crippen molar-refractivity contribution in [1.82, 2.24) is 4.90 Å². The summed E-state index contributed by atoms with van der Waals surface area (Å²) in [6.45, 7) is 3.69. The monoisotopic (exact) mass is 261 g/mol. The fraction of sp³-hybridized carbons (Fsp3) is 0.625. The zero-order chi connectivity index (χ0) is 13.7. The molecule has 1 aromatic carbocycles. The van der Waals surface area contributed by atoms with Gasteiger partial charge in [0, 0.05) is 32.0 Å². The Morgan fingerprint density at radius 3 is 2.74 bits per heavy atom. The van der Waals surface area contributed by atoms with Gasteiger partial charge in [-0.15, -0.1) is 0 Å². The molecule has 0 radical (unpaired) electrons. The molecule has 0 saturated carbocycles. The van der Waals surface area contributed by atoms with Gasteiger partial charge in [0.05, 0.1) is 0 Å². The van der Waals surface area contributed by atoms with Crippen molar-refractivity contribution in [3.63, 3.8) is 0 Å². The Morgan fingerprint density at radius 2 is 2.05 bits per heavy atom. The molecule has 0 aromatic heterocycles. The molecule has 3 nitrogen and oxygen atoms in total. The number of nitrogens with one attached hydrogen (secondary N) is 1. The Kier molecular flexibility index (Phi) is 5.08. The van der Waals surface area contributed by atoms with E-state index < -0.39 is 0 Å². The second-order valence-electron chi connectivity index (χ2n) is 5.76. The standard InChI is InChI=1S/C16H27N3/c1-17-15-5-4-6-16(13-15)19(3)12-9-14-7-10-18(2)11-8-14/h4-6,13-14,17H,7-12H2,1-3H3. The van der Waals surface area contributed by atoms with E-state index in [2.05, 4.69) is 53.5 Å². The molecule has 1 fully saturated rings.